The number of carbonyl (C=O) groups is 2. The second-order valence-electron chi connectivity index (χ2n) is 5.26. The van der Waals surface area contributed by atoms with E-state index in [1.807, 2.05) is 32.9 Å². The molecule has 1 aromatic heterocycles. The standard InChI is InChI=1S/C17H18ClNO2S/c1-9-15(11(3)20)10(2)19-16(9)17(21)12(4)22-14-7-5-13(18)6-8-14/h5-8,12,19H,1-4H3/t12-/m1/s1. The zero-order chi connectivity index (χ0) is 16.4. The van der Waals surface area contributed by atoms with Crippen LogP contribution < -0.4 is 0 Å². The van der Waals surface area contributed by atoms with Gasteiger partial charge in [0.15, 0.2) is 11.6 Å². The minimum absolute atomic E-state index is 0.00644. The summed E-state index contributed by atoms with van der Waals surface area (Å²) in [5.41, 5.74) is 2.62. The zero-order valence-electron chi connectivity index (χ0n) is 13.0. The molecular weight excluding hydrogens is 318 g/mol. The number of ketones is 2. The number of hydrogen-bond acceptors (Lipinski definition) is 3. The number of H-pyrrole nitrogens is 1. The van der Waals surface area contributed by atoms with Gasteiger partial charge in [-0.05, 0) is 57.5 Å². The second kappa shape index (κ2) is 6.71. The van der Waals surface area contributed by atoms with Gasteiger partial charge in [-0.3, -0.25) is 9.59 Å². The number of rotatable bonds is 5. The Morgan fingerprint density at radius 3 is 2.27 bits per heavy atom. The Morgan fingerprint density at radius 2 is 1.77 bits per heavy atom. The molecule has 0 unspecified atom stereocenters. The van der Waals surface area contributed by atoms with Crippen molar-refractivity contribution in [3.8, 4) is 0 Å². The molecule has 0 radical (unpaired) electrons. The van der Waals surface area contributed by atoms with Gasteiger partial charge in [0.2, 0.25) is 0 Å². The number of aromatic nitrogens is 1. The monoisotopic (exact) mass is 335 g/mol. The zero-order valence-corrected chi connectivity index (χ0v) is 14.6. The summed E-state index contributed by atoms with van der Waals surface area (Å²) in [5.74, 6) is -0.0312. The molecule has 1 heterocycles. The Kier molecular flexibility index (Phi) is 5.14. The number of nitrogens with one attached hydrogen (secondary N) is 1. The lowest BCUT2D eigenvalue weighted by Crippen LogP contribution is -2.15. The normalized spacial score (nSPS) is 12.2. The van der Waals surface area contributed by atoms with E-state index in [1.54, 1.807) is 12.1 Å². The van der Waals surface area contributed by atoms with Crippen molar-refractivity contribution < 1.29 is 9.59 Å². The van der Waals surface area contributed by atoms with Gasteiger partial charge in [-0.1, -0.05) is 11.6 Å². The molecule has 0 saturated carbocycles. The van der Waals surface area contributed by atoms with E-state index in [2.05, 4.69) is 4.98 Å². The van der Waals surface area contributed by atoms with Crippen molar-refractivity contribution in [3.63, 3.8) is 0 Å². The van der Waals surface area contributed by atoms with Gasteiger partial charge in [-0.15, -0.1) is 11.8 Å². The minimum atomic E-state index is -0.252. The molecule has 0 aliphatic heterocycles. The molecule has 0 aliphatic carbocycles. The van der Waals surface area contributed by atoms with Crippen molar-refractivity contribution >= 4 is 34.9 Å². The van der Waals surface area contributed by atoms with Crippen molar-refractivity contribution in [1.82, 2.24) is 4.98 Å². The highest BCUT2D eigenvalue weighted by Gasteiger charge is 2.24. The largest absolute Gasteiger partial charge is 0.355 e. The second-order valence-corrected chi connectivity index (χ2v) is 7.11. The van der Waals surface area contributed by atoms with Gasteiger partial charge in [0.25, 0.3) is 0 Å². The summed E-state index contributed by atoms with van der Waals surface area (Å²) in [7, 11) is 0. The number of halogens is 1. The first-order valence-electron chi connectivity index (χ1n) is 6.97. The van der Waals surface area contributed by atoms with Crippen molar-refractivity contribution in [3.05, 3.63) is 51.8 Å². The van der Waals surface area contributed by atoms with E-state index in [-0.39, 0.29) is 16.8 Å². The SMILES string of the molecule is CC(=O)c1c(C)[nH]c(C(=O)[C@@H](C)Sc2ccc(Cl)cc2)c1C. The molecule has 0 bridgehead atoms. The highest BCUT2D eigenvalue weighted by Crippen LogP contribution is 2.28. The van der Waals surface area contributed by atoms with Crippen molar-refractivity contribution in [2.75, 3.05) is 0 Å². The maximum Gasteiger partial charge on any atom is 0.192 e. The van der Waals surface area contributed by atoms with Crippen molar-refractivity contribution in [2.45, 2.75) is 37.8 Å². The molecule has 116 valence electrons. The number of carbonyl (C=O) groups excluding carboxylic acids is 2. The van der Waals surface area contributed by atoms with Crippen LogP contribution in [-0.4, -0.2) is 21.8 Å². The Labute approximate surface area is 139 Å². The van der Waals surface area contributed by atoms with Crippen LogP contribution in [0.5, 0.6) is 0 Å². The third-order valence-electron chi connectivity index (χ3n) is 3.53. The molecule has 3 nitrogen and oxygen atoms in total. The third kappa shape index (κ3) is 3.45. The fourth-order valence-electron chi connectivity index (χ4n) is 2.50. The molecule has 1 aromatic carbocycles. The average Bonchev–Trinajstić information content (AvgIpc) is 2.75. The maximum absolute atomic E-state index is 12.6. The van der Waals surface area contributed by atoms with E-state index >= 15 is 0 Å². The molecule has 0 aliphatic rings. The van der Waals surface area contributed by atoms with Crippen LogP contribution in [0.2, 0.25) is 5.02 Å². The highest BCUT2D eigenvalue weighted by molar-refractivity contribution is 8.00. The summed E-state index contributed by atoms with van der Waals surface area (Å²) in [6.45, 7) is 7.01. The van der Waals surface area contributed by atoms with E-state index < -0.39 is 0 Å². The number of aryl methyl sites for hydroxylation is 1. The molecule has 2 rings (SSSR count). The van der Waals surface area contributed by atoms with Gasteiger partial charge in [-0.2, -0.15) is 0 Å². The fraction of sp³-hybridized carbons (Fsp3) is 0.294. The van der Waals surface area contributed by atoms with Crippen LogP contribution in [0.25, 0.3) is 0 Å². The highest BCUT2D eigenvalue weighted by atomic mass is 35.5. The predicted octanol–water partition coefficient (Wildman–Crippen LogP) is 4.85. The summed E-state index contributed by atoms with van der Waals surface area (Å²) in [5, 5.41) is 0.419. The lowest BCUT2D eigenvalue weighted by molar-refractivity contribution is 0.0988. The van der Waals surface area contributed by atoms with Gasteiger partial charge < -0.3 is 4.98 Å². The number of Topliss-reactive ketones (excluding diaryl/α,β-unsaturated/α-hetero) is 2. The molecule has 0 fully saturated rings. The van der Waals surface area contributed by atoms with Gasteiger partial charge in [0.05, 0.1) is 10.9 Å². The maximum atomic E-state index is 12.6. The number of hydrogen-bond donors (Lipinski definition) is 1. The predicted molar refractivity (Wildman–Crippen MR) is 91.4 cm³/mol. The van der Waals surface area contributed by atoms with Crippen LogP contribution in [0, 0.1) is 13.8 Å². The van der Waals surface area contributed by atoms with E-state index in [0.29, 0.717) is 16.3 Å². The van der Waals surface area contributed by atoms with Crippen LogP contribution in [-0.2, 0) is 0 Å². The smallest absolute Gasteiger partial charge is 0.192 e. The Bertz CT molecular complexity index is 719. The van der Waals surface area contributed by atoms with Gasteiger partial charge >= 0.3 is 0 Å². The lowest BCUT2D eigenvalue weighted by atomic mass is 10.0. The van der Waals surface area contributed by atoms with Gasteiger partial charge in [0, 0.05) is 21.2 Å². The fourth-order valence-corrected chi connectivity index (χ4v) is 3.55. The minimum Gasteiger partial charge on any atom is -0.355 e. The Morgan fingerprint density at radius 1 is 1.18 bits per heavy atom. The van der Waals surface area contributed by atoms with Gasteiger partial charge in [0.1, 0.15) is 0 Å². The number of aromatic amines is 1. The third-order valence-corrected chi connectivity index (χ3v) is 4.90. The molecule has 5 heteroatoms. The molecule has 1 N–H and O–H groups in total. The average molecular weight is 336 g/mol. The summed E-state index contributed by atoms with van der Waals surface area (Å²) in [6.07, 6.45) is 0. The molecule has 22 heavy (non-hydrogen) atoms. The quantitative estimate of drug-likeness (QED) is 0.627. The van der Waals surface area contributed by atoms with Crippen LogP contribution in [0.4, 0.5) is 0 Å². The van der Waals surface area contributed by atoms with Crippen LogP contribution in [0.3, 0.4) is 0 Å². The summed E-state index contributed by atoms with van der Waals surface area (Å²) >= 11 is 7.34. The van der Waals surface area contributed by atoms with Crippen molar-refractivity contribution in [2.24, 2.45) is 0 Å². The first kappa shape index (κ1) is 16.8. The van der Waals surface area contributed by atoms with Crippen LogP contribution in [0.1, 0.15) is 46.0 Å². The molecule has 0 saturated heterocycles. The Hall–Kier alpha value is -1.52. The molecule has 0 spiro atoms. The van der Waals surface area contributed by atoms with E-state index in [1.165, 1.54) is 18.7 Å². The van der Waals surface area contributed by atoms with E-state index in [0.717, 1.165) is 16.2 Å². The van der Waals surface area contributed by atoms with Crippen LogP contribution in [0.15, 0.2) is 29.2 Å². The number of benzene rings is 1. The summed E-state index contributed by atoms with van der Waals surface area (Å²) < 4.78 is 0. The lowest BCUT2D eigenvalue weighted by Gasteiger charge is -2.10. The summed E-state index contributed by atoms with van der Waals surface area (Å²) in [4.78, 5) is 28.4. The topological polar surface area (TPSA) is 49.9 Å². The molecule has 0 amide bonds. The van der Waals surface area contributed by atoms with Gasteiger partial charge in [-0.25, -0.2) is 0 Å². The summed E-state index contributed by atoms with van der Waals surface area (Å²) in [6, 6.07) is 7.40. The molecule has 1 atom stereocenters. The Balaban J connectivity index is 2.22. The number of thioether (sulfide) groups is 1. The van der Waals surface area contributed by atoms with Crippen molar-refractivity contribution in [1.29, 1.82) is 0 Å². The first-order chi connectivity index (χ1) is 10.3. The van der Waals surface area contributed by atoms with Crippen LogP contribution >= 0.6 is 23.4 Å². The van der Waals surface area contributed by atoms with E-state index in [4.69, 9.17) is 11.6 Å². The van der Waals surface area contributed by atoms with E-state index in [9.17, 15) is 9.59 Å². The molecule has 2 aromatic rings. The first-order valence-corrected chi connectivity index (χ1v) is 8.23. The molecular formula is C17H18ClNO2S.